The summed E-state index contributed by atoms with van der Waals surface area (Å²) >= 11 is 12.5. The number of rotatable bonds is 8. The van der Waals surface area contributed by atoms with Crippen LogP contribution in [0.4, 0.5) is 0 Å². The van der Waals surface area contributed by atoms with E-state index in [4.69, 9.17) is 32.8 Å². The zero-order chi connectivity index (χ0) is 24.4. The number of aliphatic carboxylic acids is 1. The van der Waals surface area contributed by atoms with Crippen molar-refractivity contribution in [1.29, 1.82) is 0 Å². The molecule has 35 heavy (non-hydrogen) atoms. The molecule has 5 rings (SSSR count). The molecule has 2 aromatic carbocycles. The number of aromatic nitrogens is 2. The van der Waals surface area contributed by atoms with Crippen molar-refractivity contribution < 1.29 is 14.4 Å². The van der Waals surface area contributed by atoms with Crippen molar-refractivity contribution in [3.8, 4) is 11.4 Å². The lowest BCUT2D eigenvalue weighted by Gasteiger charge is -2.38. The highest BCUT2D eigenvalue weighted by Crippen LogP contribution is 2.44. The average Bonchev–Trinajstić information content (AvgIpc) is 3.31. The summed E-state index contributed by atoms with van der Waals surface area (Å²) in [6.45, 7) is 1.96. The Morgan fingerprint density at radius 1 is 1.06 bits per heavy atom. The zero-order valence-electron chi connectivity index (χ0n) is 19.6. The van der Waals surface area contributed by atoms with Crippen molar-refractivity contribution >= 4 is 29.2 Å². The minimum Gasteiger partial charge on any atom is -0.481 e. The highest BCUT2D eigenvalue weighted by atomic mass is 35.5. The molecule has 1 saturated carbocycles. The molecule has 0 bridgehead atoms. The van der Waals surface area contributed by atoms with Gasteiger partial charge in [0.05, 0.1) is 16.0 Å². The first-order chi connectivity index (χ1) is 16.9. The van der Waals surface area contributed by atoms with E-state index in [2.05, 4.69) is 21.1 Å². The Balaban J connectivity index is 1.23. The molecule has 2 fully saturated rings. The topological polar surface area (TPSA) is 79.5 Å². The summed E-state index contributed by atoms with van der Waals surface area (Å²) in [6.07, 6.45) is 7.56. The predicted molar refractivity (Wildman–Crippen MR) is 136 cm³/mol. The monoisotopic (exact) mass is 513 g/mol. The van der Waals surface area contributed by atoms with Gasteiger partial charge in [-0.25, -0.2) is 0 Å². The Morgan fingerprint density at radius 3 is 2.49 bits per heavy atom. The minimum atomic E-state index is -0.712. The summed E-state index contributed by atoms with van der Waals surface area (Å²) in [4.78, 5) is 17.8. The highest BCUT2D eigenvalue weighted by molar-refractivity contribution is 6.42. The molecule has 2 aliphatic rings. The van der Waals surface area contributed by atoms with Gasteiger partial charge in [-0.15, -0.1) is 0 Å². The van der Waals surface area contributed by atoms with Gasteiger partial charge < -0.3 is 9.63 Å². The van der Waals surface area contributed by atoms with Gasteiger partial charge in [0.25, 0.3) is 0 Å². The van der Waals surface area contributed by atoms with E-state index in [-0.39, 0.29) is 11.3 Å². The van der Waals surface area contributed by atoms with E-state index in [0.717, 1.165) is 36.9 Å². The van der Waals surface area contributed by atoms with Crippen LogP contribution in [0, 0.1) is 5.92 Å². The number of likely N-dealkylation sites (tertiary alicyclic amines) is 1. The molecular weight excluding hydrogens is 485 g/mol. The van der Waals surface area contributed by atoms with Crippen molar-refractivity contribution in [2.45, 2.75) is 56.9 Å². The fraction of sp³-hybridized carbons (Fsp3) is 0.444. The van der Waals surface area contributed by atoms with Gasteiger partial charge in [-0.3, -0.25) is 9.69 Å². The van der Waals surface area contributed by atoms with Crippen LogP contribution in [0.2, 0.25) is 10.0 Å². The van der Waals surface area contributed by atoms with E-state index in [9.17, 15) is 4.79 Å². The van der Waals surface area contributed by atoms with Crippen LogP contribution in [-0.2, 0) is 23.2 Å². The summed E-state index contributed by atoms with van der Waals surface area (Å²) in [5.41, 5.74) is 3.35. The molecular formula is C27H29Cl2N3O3. The number of halogens is 2. The van der Waals surface area contributed by atoms with Crippen LogP contribution in [0.15, 0.2) is 47.0 Å². The molecule has 2 heterocycles. The normalized spacial score (nSPS) is 18.3. The lowest BCUT2D eigenvalue weighted by molar-refractivity contribution is -0.147. The molecule has 1 saturated heterocycles. The third-order valence-corrected chi connectivity index (χ3v) is 8.29. The summed E-state index contributed by atoms with van der Waals surface area (Å²) in [5, 5.41) is 14.4. The van der Waals surface area contributed by atoms with Gasteiger partial charge in [0.15, 0.2) is 0 Å². The van der Waals surface area contributed by atoms with E-state index in [1.165, 1.54) is 24.8 Å². The van der Waals surface area contributed by atoms with E-state index >= 15 is 0 Å². The number of carboxylic acids is 1. The van der Waals surface area contributed by atoms with Crippen LogP contribution in [0.5, 0.6) is 0 Å². The quantitative estimate of drug-likeness (QED) is 0.375. The molecule has 0 atom stereocenters. The molecule has 0 unspecified atom stereocenters. The van der Waals surface area contributed by atoms with Crippen LogP contribution < -0.4 is 0 Å². The van der Waals surface area contributed by atoms with Crippen molar-refractivity contribution in [3.05, 3.63) is 69.5 Å². The molecule has 3 aromatic rings. The van der Waals surface area contributed by atoms with Gasteiger partial charge in [0.1, 0.15) is 0 Å². The number of hydrogen-bond donors (Lipinski definition) is 1. The number of carbonyl (C=O) groups is 1. The molecule has 1 aromatic heterocycles. The van der Waals surface area contributed by atoms with Crippen LogP contribution in [-0.4, -0.2) is 39.2 Å². The summed E-state index contributed by atoms with van der Waals surface area (Å²) in [7, 11) is 0. The predicted octanol–water partition coefficient (Wildman–Crippen LogP) is 6.39. The number of benzene rings is 2. The van der Waals surface area contributed by atoms with Crippen LogP contribution in [0.25, 0.3) is 11.4 Å². The lowest BCUT2D eigenvalue weighted by Crippen LogP contribution is -2.49. The maximum atomic E-state index is 11.0. The van der Waals surface area contributed by atoms with E-state index in [1.807, 2.05) is 36.4 Å². The van der Waals surface area contributed by atoms with Gasteiger partial charge in [0, 0.05) is 31.6 Å². The maximum Gasteiger partial charge on any atom is 0.309 e. The number of hydrogen-bond acceptors (Lipinski definition) is 5. The standard InChI is InChI=1S/C27H29Cl2N3O3/c28-22-9-8-21(14-23(22)29)27(11-2-1-3-12-27)13-10-24-30-25(31-35-24)19-6-4-18(5-7-19)15-32-16-20(17-32)26(33)34/h4-9,14,20H,1-3,10-13,15-17H2,(H,33,34). The zero-order valence-corrected chi connectivity index (χ0v) is 21.1. The minimum absolute atomic E-state index is 0.0548. The van der Waals surface area contributed by atoms with Crippen molar-refractivity contribution in [2.75, 3.05) is 13.1 Å². The van der Waals surface area contributed by atoms with Crippen LogP contribution >= 0.6 is 23.2 Å². The van der Waals surface area contributed by atoms with Gasteiger partial charge in [-0.1, -0.05) is 78.0 Å². The summed E-state index contributed by atoms with van der Waals surface area (Å²) < 4.78 is 5.62. The number of aryl methyl sites for hydroxylation is 1. The van der Waals surface area contributed by atoms with E-state index in [1.54, 1.807) is 0 Å². The third kappa shape index (κ3) is 5.40. The molecule has 0 amide bonds. The van der Waals surface area contributed by atoms with Crippen molar-refractivity contribution in [2.24, 2.45) is 5.92 Å². The molecule has 1 aliphatic carbocycles. The molecule has 0 radical (unpaired) electrons. The maximum absolute atomic E-state index is 11.0. The Labute approximate surface area is 215 Å². The smallest absolute Gasteiger partial charge is 0.309 e. The molecule has 6 nitrogen and oxygen atoms in total. The first-order valence-electron chi connectivity index (χ1n) is 12.2. The average molecular weight is 514 g/mol. The third-order valence-electron chi connectivity index (χ3n) is 7.55. The highest BCUT2D eigenvalue weighted by Gasteiger charge is 2.35. The fourth-order valence-electron chi connectivity index (χ4n) is 5.43. The Kier molecular flexibility index (Phi) is 7.14. The summed E-state index contributed by atoms with van der Waals surface area (Å²) in [5.74, 6) is 0.287. The van der Waals surface area contributed by atoms with Crippen LogP contribution in [0.1, 0.15) is 55.5 Å². The number of carboxylic acid groups (broad SMARTS) is 1. The van der Waals surface area contributed by atoms with Gasteiger partial charge in [-0.2, -0.15) is 4.98 Å². The molecule has 1 aliphatic heterocycles. The van der Waals surface area contributed by atoms with E-state index < -0.39 is 5.97 Å². The van der Waals surface area contributed by atoms with E-state index in [0.29, 0.717) is 41.3 Å². The first kappa shape index (κ1) is 24.3. The molecule has 184 valence electrons. The Morgan fingerprint density at radius 2 is 1.80 bits per heavy atom. The van der Waals surface area contributed by atoms with Crippen LogP contribution in [0.3, 0.4) is 0 Å². The lowest BCUT2D eigenvalue weighted by atomic mass is 9.67. The second kappa shape index (κ2) is 10.3. The second-order valence-corrected chi connectivity index (χ2v) is 10.7. The molecule has 1 N–H and O–H groups in total. The number of nitrogens with zero attached hydrogens (tertiary/aromatic N) is 3. The second-order valence-electron chi connectivity index (χ2n) is 9.91. The van der Waals surface area contributed by atoms with Gasteiger partial charge in [-0.05, 0) is 47.9 Å². The van der Waals surface area contributed by atoms with Crippen molar-refractivity contribution in [1.82, 2.24) is 15.0 Å². The fourth-order valence-corrected chi connectivity index (χ4v) is 5.73. The Bertz CT molecular complexity index is 1180. The Hall–Kier alpha value is -2.41. The molecule has 8 heteroatoms. The van der Waals surface area contributed by atoms with Gasteiger partial charge in [0.2, 0.25) is 11.7 Å². The largest absolute Gasteiger partial charge is 0.481 e. The summed E-state index contributed by atoms with van der Waals surface area (Å²) in [6, 6.07) is 14.1. The SMILES string of the molecule is O=C(O)C1CN(Cc2ccc(-c3noc(CCC4(c5ccc(Cl)c(Cl)c5)CCCCC4)n3)cc2)C1. The first-order valence-corrected chi connectivity index (χ1v) is 13.0. The van der Waals surface area contributed by atoms with Crippen molar-refractivity contribution in [3.63, 3.8) is 0 Å². The molecule has 0 spiro atoms. The van der Waals surface area contributed by atoms with Gasteiger partial charge >= 0.3 is 5.97 Å².